The molecule has 0 radical (unpaired) electrons. The van der Waals surface area contributed by atoms with Gasteiger partial charge in [0.1, 0.15) is 6.54 Å². The number of carbonyl (C=O) groups excluding carboxylic acids is 2. The number of rotatable bonds is 7. The second-order valence-corrected chi connectivity index (χ2v) is 5.99. The number of anilines is 1. The van der Waals surface area contributed by atoms with Crippen molar-refractivity contribution >= 4 is 23.5 Å². The molecule has 25 heavy (non-hydrogen) atoms. The first kappa shape index (κ1) is 18.3. The van der Waals surface area contributed by atoms with Crippen LogP contribution < -0.4 is 5.32 Å². The van der Waals surface area contributed by atoms with Gasteiger partial charge in [0.2, 0.25) is 0 Å². The van der Waals surface area contributed by atoms with Crippen molar-refractivity contribution in [3.63, 3.8) is 0 Å². The molecule has 0 atom stereocenters. The van der Waals surface area contributed by atoms with Crippen molar-refractivity contribution in [2.24, 2.45) is 5.92 Å². The van der Waals surface area contributed by atoms with E-state index in [1.807, 2.05) is 13.8 Å². The van der Waals surface area contributed by atoms with Gasteiger partial charge in [-0.25, -0.2) is 0 Å². The molecule has 0 aliphatic heterocycles. The molecule has 2 aromatic rings. The summed E-state index contributed by atoms with van der Waals surface area (Å²) in [4.78, 5) is 36.9. The number of carboxylic acids is 1. The van der Waals surface area contributed by atoms with Crippen LogP contribution >= 0.6 is 0 Å². The predicted octanol–water partition coefficient (Wildman–Crippen LogP) is 2.71. The average Bonchev–Trinajstić information content (AvgIpc) is 3.07. The zero-order chi connectivity index (χ0) is 18.4. The van der Waals surface area contributed by atoms with Gasteiger partial charge in [-0.2, -0.15) is 0 Å². The van der Waals surface area contributed by atoms with E-state index in [0.29, 0.717) is 17.8 Å². The standard InChI is InChI=1S/C18H20N2O5/c1-12(2)10-20(11-16(21)22)18(24)13-5-3-6-14(9-13)19-17(23)15-7-4-8-25-15/h3-9,12H,10-11H2,1-2H3,(H,19,23)(H,21,22). The van der Waals surface area contributed by atoms with E-state index in [2.05, 4.69) is 5.32 Å². The van der Waals surface area contributed by atoms with E-state index >= 15 is 0 Å². The van der Waals surface area contributed by atoms with Crippen LogP contribution in [-0.4, -0.2) is 40.9 Å². The van der Waals surface area contributed by atoms with E-state index in [9.17, 15) is 14.4 Å². The SMILES string of the molecule is CC(C)CN(CC(=O)O)C(=O)c1cccc(NC(=O)c2ccco2)c1. The van der Waals surface area contributed by atoms with Gasteiger partial charge in [-0.15, -0.1) is 0 Å². The maximum absolute atomic E-state index is 12.6. The van der Waals surface area contributed by atoms with Gasteiger partial charge < -0.3 is 19.7 Å². The Labute approximate surface area is 145 Å². The van der Waals surface area contributed by atoms with Crippen LogP contribution in [0.2, 0.25) is 0 Å². The van der Waals surface area contributed by atoms with Crippen molar-refractivity contribution < 1.29 is 23.9 Å². The highest BCUT2D eigenvalue weighted by Crippen LogP contribution is 2.15. The Morgan fingerprint density at radius 2 is 1.96 bits per heavy atom. The van der Waals surface area contributed by atoms with Gasteiger partial charge >= 0.3 is 5.97 Å². The number of benzene rings is 1. The minimum Gasteiger partial charge on any atom is -0.480 e. The third-order valence-corrected chi connectivity index (χ3v) is 3.31. The smallest absolute Gasteiger partial charge is 0.323 e. The molecule has 2 N–H and O–H groups in total. The second kappa shape index (κ2) is 8.14. The molecular weight excluding hydrogens is 324 g/mol. The van der Waals surface area contributed by atoms with Crippen LogP contribution in [0, 0.1) is 5.92 Å². The fraction of sp³-hybridized carbons (Fsp3) is 0.278. The lowest BCUT2D eigenvalue weighted by Crippen LogP contribution is -2.38. The van der Waals surface area contributed by atoms with Crippen molar-refractivity contribution in [1.29, 1.82) is 0 Å². The summed E-state index contributed by atoms with van der Waals surface area (Å²) in [5, 5.41) is 11.7. The molecule has 1 heterocycles. The summed E-state index contributed by atoms with van der Waals surface area (Å²) in [6.07, 6.45) is 1.39. The zero-order valence-electron chi connectivity index (χ0n) is 14.1. The molecule has 1 aromatic heterocycles. The third-order valence-electron chi connectivity index (χ3n) is 3.31. The monoisotopic (exact) mass is 344 g/mol. The summed E-state index contributed by atoms with van der Waals surface area (Å²) in [6, 6.07) is 9.49. The molecule has 0 saturated heterocycles. The molecule has 0 fully saturated rings. The van der Waals surface area contributed by atoms with Gasteiger partial charge in [0.15, 0.2) is 5.76 Å². The van der Waals surface area contributed by atoms with E-state index in [0.717, 1.165) is 0 Å². The van der Waals surface area contributed by atoms with Crippen LogP contribution in [0.1, 0.15) is 34.8 Å². The Hall–Kier alpha value is -3.09. The van der Waals surface area contributed by atoms with E-state index in [4.69, 9.17) is 9.52 Å². The van der Waals surface area contributed by atoms with Crippen molar-refractivity contribution in [2.75, 3.05) is 18.4 Å². The molecule has 0 saturated carbocycles. The van der Waals surface area contributed by atoms with Gasteiger partial charge in [-0.3, -0.25) is 14.4 Å². The Bertz CT molecular complexity index is 753. The molecule has 7 heteroatoms. The molecular formula is C18H20N2O5. The Morgan fingerprint density at radius 3 is 2.56 bits per heavy atom. The number of carboxylic acid groups (broad SMARTS) is 1. The van der Waals surface area contributed by atoms with Crippen molar-refractivity contribution in [2.45, 2.75) is 13.8 Å². The topological polar surface area (TPSA) is 99.9 Å². The first-order valence-corrected chi connectivity index (χ1v) is 7.83. The Morgan fingerprint density at radius 1 is 1.20 bits per heavy atom. The predicted molar refractivity (Wildman–Crippen MR) is 91.5 cm³/mol. The van der Waals surface area contributed by atoms with Crippen LogP contribution in [0.4, 0.5) is 5.69 Å². The number of hydrogen-bond acceptors (Lipinski definition) is 4. The lowest BCUT2D eigenvalue weighted by molar-refractivity contribution is -0.137. The second-order valence-electron chi connectivity index (χ2n) is 5.99. The third kappa shape index (κ3) is 5.20. The molecule has 0 unspecified atom stereocenters. The molecule has 1 aromatic carbocycles. The molecule has 132 valence electrons. The van der Waals surface area contributed by atoms with Gasteiger partial charge in [0.05, 0.1) is 6.26 Å². The lowest BCUT2D eigenvalue weighted by atomic mass is 10.1. The first-order chi connectivity index (χ1) is 11.9. The van der Waals surface area contributed by atoms with Crippen LogP contribution in [0.25, 0.3) is 0 Å². The molecule has 2 amide bonds. The normalized spacial score (nSPS) is 10.5. The number of amides is 2. The molecule has 0 aliphatic rings. The molecule has 0 aliphatic carbocycles. The highest BCUT2D eigenvalue weighted by atomic mass is 16.4. The Balaban J connectivity index is 2.16. The van der Waals surface area contributed by atoms with Crippen molar-refractivity contribution in [3.05, 3.63) is 54.0 Å². The Kier molecular flexibility index (Phi) is 5.94. The fourth-order valence-corrected chi connectivity index (χ4v) is 2.34. The minimum atomic E-state index is -1.07. The summed E-state index contributed by atoms with van der Waals surface area (Å²) >= 11 is 0. The minimum absolute atomic E-state index is 0.130. The van der Waals surface area contributed by atoms with Crippen LogP contribution in [0.3, 0.4) is 0 Å². The first-order valence-electron chi connectivity index (χ1n) is 7.83. The zero-order valence-corrected chi connectivity index (χ0v) is 14.1. The van der Waals surface area contributed by atoms with Gasteiger partial charge in [-0.1, -0.05) is 19.9 Å². The van der Waals surface area contributed by atoms with Gasteiger partial charge in [0.25, 0.3) is 11.8 Å². The highest BCUT2D eigenvalue weighted by molar-refractivity contribution is 6.03. The van der Waals surface area contributed by atoms with E-state index in [-0.39, 0.29) is 18.2 Å². The number of furan rings is 1. The number of carbonyl (C=O) groups is 3. The van der Waals surface area contributed by atoms with Gasteiger partial charge in [-0.05, 0) is 36.2 Å². The molecule has 7 nitrogen and oxygen atoms in total. The van der Waals surface area contributed by atoms with E-state index in [1.165, 1.54) is 23.3 Å². The lowest BCUT2D eigenvalue weighted by Gasteiger charge is -2.23. The number of hydrogen-bond donors (Lipinski definition) is 2. The average molecular weight is 344 g/mol. The fourth-order valence-electron chi connectivity index (χ4n) is 2.34. The number of aliphatic carboxylic acids is 1. The quantitative estimate of drug-likeness (QED) is 0.804. The maximum Gasteiger partial charge on any atom is 0.323 e. The molecule has 0 bridgehead atoms. The van der Waals surface area contributed by atoms with E-state index < -0.39 is 17.8 Å². The number of nitrogens with one attached hydrogen (secondary N) is 1. The summed E-state index contributed by atoms with van der Waals surface area (Å²) in [5.41, 5.74) is 0.728. The summed E-state index contributed by atoms with van der Waals surface area (Å²) in [6.45, 7) is 3.76. The van der Waals surface area contributed by atoms with Crippen molar-refractivity contribution in [1.82, 2.24) is 4.90 Å². The number of nitrogens with zero attached hydrogens (tertiary/aromatic N) is 1. The molecule has 2 rings (SSSR count). The van der Waals surface area contributed by atoms with Crippen LogP contribution in [0.15, 0.2) is 47.1 Å². The summed E-state index contributed by atoms with van der Waals surface area (Å²) in [7, 11) is 0. The van der Waals surface area contributed by atoms with Gasteiger partial charge in [0, 0.05) is 17.8 Å². The van der Waals surface area contributed by atoms with Crippen LogP contribution in [0.5, 0.6) is 0 Å². The van der Waals surface area contributed by atoms with E-state index in [1.54, 1.807) is 24.3 Å². The summed E-state index contributed by atoms with van der Waals surface area (Å²) < 4.78 is 5.02. The molecule has 0 spiro atoms. The largest absolute Gasteiger partial charge is 0.480 e. The maximum atomic E-state index is 12.6. The highest BCUT2D eigenvalue weighted by Gasteiger charge is 2.20. The summed E-state index contributed by atoms with van der Waals surface area (Å²) in [5.74, 6) is -1.62. The van der Waals surface area contributed by atoms with Crippen molar-refractivity contribution in [3.8, 4) is 0 Å². The van der Waals surface area contributed by atoms with Crippen LogP contribution in [-0.2, 0) is 4.79 Å².